The fourth-order valence-electron chi connectivity index (χ4n) is 5.44. The Labute approximate surface area is 231 Å². The van der Waals surface area contributed by atoms with Crippen molar-refractivity contribution in [1.29, 1.82) is 0 Å². The van der Waals surface area contributed by atoms with Crippen LogP contribution in [0, 0.1) is 19.8 Å². The van der Waals surface area contributed by atoms with Gasteiger partial charge >= 0.3 is 0 Å². The highest BCUT2D eigenvalue weighted by atomic mass is 79.9. The van der Waals surface area contributed by atoms with Crippen molar-refractivity contribution < 1.29 is 14.4 Å². The summed E-state index contributed by atoms with van der Waals surface area (Å²) in [5, 5.41) is 0.851. The highest BCUT2D eigenvalue weighted by molar-refractivity contribution is 9.10. The summed E-state index contributed by atoms with van der Waals surface area (Å²) in [6, 6.07) is 9.95. The number of ketones is 1. The van der Waals surface area contributed by atoms with Crippen LogP contribution < -0.4 is 4.90 Å². The Bertz CT molecular complexity index is 1400. The summed E-state index contributed by atoms with van der Waals surface area (Å²) >= 11 is 3.55. The van der Waals surface area contributed by atoms with Gasteiger partial charge in [-0.15, -0.1) is 0 Å². The molecule has 1 aromatic carbocycles. The number of fused-ring (bicyclic) bond motifs is 1. The van der Waals surface area contributed by atoms with Crippen molar-refractivity contribution in [2.75, 3.05) is 44.2 Å². The minimum atomic E-state index is -0.0920. The second kappa shape index (κ2) is 10.7. The number of Topliss-reactive ketones (excluding diaryl/α,β-unsaturated/α-hetero) is 1. The number of halogens is 1. The molecule has 38 heavy (non-hydrogen) atoms. The number of carbonyl (C=O) groups is 3. The molecule has 0 saturated carbocycles. The molecule has 2 aliphatic heterocycles. The van der Waals surface area contributed by atoms with Crippen molar-refractivity contribution in [3.63, 3.8) is 0 Å². The number of hydrogen-bond donors (Lipinski definition) is 0. The van der Waals surface area contributed by atoms with E-state index in [2.05, 4.69) is 38.5 Å². The number of nitrogens with zero attached hydrogens (tertiary/aromatic N) is 5. The molecule has 2 saturated heterocycles. The van der Waals surface area contributed by atoms with Gasteiger partial charge < -0.3 is 19.3 Å². The molecule has 0 spiro atoms. The molecule has 2 aromatic heterocycles. The van der Waals surface area contributed by atoms with E-state index in [0.717, 1.165) is 32.5 Å². The quantitative estimate of drug-likeness (QED) is 0.397. The van der Waals surface area contributed by atoms with Gasteiger partial charge in [-0.05, 0) is 49.8 Å². The second-order valence-corrected chi connectivity index (χ2v) is 11.2. The highest BCUT2D eigenvalue weighted by Crippen LogP contribution is 2.31. The highest BCUT2D eigenvalue weighted by Gasteiger charge is 2.32. The molecule has 0 bridgehead atoms. The summed E-state index contributed by atoms with van der Waals surface area (Å²) in [6.07, 6.45) is 3.59. The van der Waals surface area contributed by atoms with Gasteiger partial charge in [-0.3, -0.25) is 14.4 Å². The number of amides is 2. The first-order chi connectivity index (χ1) is 18.2. The summed E-state index contributed by atoms with van der Waals surface area (Å²) in [4.78, 5) is 48.9. The van der Waals surface area contributed by atoms with E-state index in [1.807, 2.05) is 53.8 Å². The number of rotatable bonds is 7. The van der Waals surface area contributed by atoms with E-state index >= 15 is 0 Å². The van der Waals surface area contributed by atoms with Crippen LogP contribution in [-0.2, 0) is 16.1 Å². The van der Waals surface area contributed by atoms with E-state index in [9.17, 15) is 14.4 Å². The maximum Gasteiger partial charge on any atom is 0.256 e. The fourth-order valence-corrected chi connectivity index (χ4v) is 5.80. The van der Waals surface area contributed by atoms with Gasteiger partial charge in [0.15, 0.2) is 5.78 Å². The van der Waals surface area contributed by atoms with Crippen LogP contribution in [0.1, 0.15) is 28.0 Å². The van der Waals surface area contributed by atoms with Gasteiger partial charge in [0.1, 0.15) is 5.82 Å². The average molecular weight is 579 g/mol. The molecule has 5 rings (SSSR count). The molecule has 198 valence electrons. The summed E-state index contributed by atoms with van der Waals surface area (Å²) < 4.78 is 2.86. The molecule has 2 amide bonds. The smallest absolute Gasteiger partial charge is 0.256 e. The minimum absolute atomic E-state index is 0.00844. The van der Waals surface area contributed by atoms with Crippen molar-refractivity contribution >= 4 is 50.2 Å². The Morgan fingerprint density at radius 1 is 1.05 bits per heavy atom. The normalized spacial score (nSPS) is 16.0. The Morgan fingerprint density at radius 2 is 1.79 bits per heavy atom. The number of carbonyl (C=O) groups excluding carboxylic acids is 3. The lowest BCUT2D eigenvalue weighted by Crippen LogP contribution is -2.50. The lowest BCUT2D eigenvalue weighted by atomic mass is 9.94. The van der Waals surface area contributed by atoms with Gasteiger partial charge in [-0.2, -0.15) is 0 Å². The van der Waals surface area contributed by atoms with Gasteiger partial charge in [0, 0.05) is 78.9 Å². The van der Waals surface area contributed by atoms with Crippen molar-refractivity contribution in [2.24, 2.45) is 5.92 Å². The van der Waals surface area contributed by atoms with Crippen LogP contribution in [0.15, 0.2) is 53.7 Å². The van der Waals surface area contributed by atoms with Crippen molar-refractivity contribution in [1.82, 2.24) is 19.4 Å². The van der Waals surface area contributed by atoms with E-state index in [4.69, 9.17) is 0 Å². The molecule has 8 nitrogen and oxygen atoms in total. The topological polar surface area (TPSA) is 78.8 Å². The van der Waals surface area contributed by atoms with E-state index in [0.29, 0.717) is 51.3 Å². The van der Waals surface area contributed by atoms with Crippen LogP contribution in [0.4, 0.5) is 5.82 Å². The third-order valence-corrected chi connectivity index (χ3v) is 8.07. The number of hydrogen-bond acceptors (Lipinski definition) is 5. The average Bonchev–Trinajstić information content (AvgIpc) is 3.15. The van der Waals surface area contributed by atoms with E-state index in [-0.39, 0.29) is 30.1 Å². The van der Waals surface area contributed by atoms with Gasteiger partial charge in [0.25, 0.3) is 5.91 Å². The lowest BCUT2D eigenvalue weighted by molar-refractivity contribution is -0.134. The molecule has 0 unspecified atom stereocenters. The van der Waals surface area contributed by atoms with Crippen LogP contribution in [0.5, 0.6) is 0 Å². The molecule has 0 radical (unpaired) electrons. The van der Waals surface area contributed by atoms with E-state index in [1.54, 1.807) is 4.90 Å². The van der Waals surface area contributed by atoms with Crippen molar-refractivity contribution in [2.45, 2.75) is 26.8 Å². The van der Waals surface area contributed by atoms with Gasteiger partial charge in [0.2, 0.25) is 5.91 Å². The molecule has 2 fully saturated rings. The number of likely N-dealkylation sites (tertiary alicyclic amines) is 1. The van der Waals surface area contributed by atoms with Gasteiger partial charge in [0.05, 0.1) is 12.1 Å². The zero-order chi connectivity index (χ0) is 27.0. The van der Waals surface area contributed by atoms with Crippen LogP contribution in [0.3, 0.4) is 0 Å². The standard InChI is InChI=1S/C29H32BrN5O3/c1-4-27(37)34-16-21(17-34)13-23(36)18-35-20(3)28(24-14-22(30)6-7-25(24)35)29(38)33-11-9-32(10-12-33)26-8-5-19(2)15-31-26/h4-8,14-15,21H,1,9-13,16-18H2,2-3H3. The van der Waals surface area contributed by atoms with Crippen LogP contribution >= 0.6 is 15.9 Å². The summed E-state index contributed by atoms with van der Waals surface area (Å²) in [5.41, 5.74) is 3.46. The monoisotopic (exact) mass is 577 g/mol. The third-order valence-electron chi connectivity index (χ3n) is 7.58. The minimum Gasteiger partial charge on any atom is -0.353 e. The Balaban J connectivity index is 1.31. The number of aromatic nitrogens is 2. The van der Waals surface area contributed by atoms with Gasteiger partial charge in [-0.1, -0.05) is 28.6 Å². The number of benzene rings is 1. The molecular weight excluding hydrogens is 546 g/mol. The number of pyridine rings is 1. The van der Waals surface area contributed by atoms with Crippen LogP contribution in [0.2, 0.25) is 0 Å². The molecule has 2 aliphatic rings. The number of aryl methyl sites for hydroxylation is 1. The van der Waals surface area contributed by atoms with Crippen molar-refractivity contribution in [3.8, 4) is 0 Å². The fraction of sp³-hybridized carbons (Fsp3) is 0.379. The summed E-state index contributed by atoms with van der Waals surface area (Å²) in [7, 11) is 0. The predicted molar refractivity (Wildman–Crippen MR) is 151 cm³/mol. The molecule has 3 aromatic rings. The zero-order valence-electron chi connectivity index (χ0n) is 21.8. The third kappa shape index (κ3) is 5.12. The lowest BCUT2D eigenvalue weighted by Gasteiger charge is -2.38. The first-order valence-corrected chi connectivity index (χ1v) is 13.7. The largest absolute Gasteiger partial charge is 0.353 e. The SMILES string of the molecule is C=CC(=O)N1CC(CC(=O)Cn2c(C)c(C(=O)N3CCN(c4ccc(C)cn4)CC3)c3cc(Br)ccc32)C1. The Kier molecular flexibility index (Phi) is 7.38. The van der Waals surface area contributed by atoms with Crippen LogP contribution in [-0.4, -0.2) is 76.2 Å². The molecule has 4 heterocycles. The molecule has 0 N–H and O–H groups in total. The van der Waals surface area contributed by atoms with Crippen molar-refractivity contribution in [3.05, 3.63) is 70.5 Å². The Hall–Kier alpha value is -3.46. The summed E-state index contributed by atoms with van der Waals surface area (Å²) in [6.45, 7) is 11.5. The second-order valence-electron chi connectivity index (χ2n) is 10.2. The van der Waals surface area contributed by atoms with Gasteiger partial charge in [-0.25, -0.2) is 4.98 Å². The maximum absolute atomic E-state index is 13.8. The number of piperazine rings is 1. The number of anilines is 1. The molecular formula is C29H32BrN5O3. The van der Waals surface area contributed by atoms with E-state index in [1.165, 1.54) is 6.08 Å². The Morgan fingerprint density at radius 3 is 2.45 bits per heavy atom. The maximum atomic E-state index is 13.8. The molecule has 9 heteroatoms. The molecule has 0 atom stereocenters. The zero-order valence-corrected chi connectivity index (χ0v) is 23.4. The summed E-state index contributed by atoms with van der Waals surface area (Å²) in [5.74, 6) is 1.10. The first kappa shape index (κ1) is 26.2. The van der Waals surface area contributed by atoms with Crippen LogP contribution in [0.25, 0.3) is 10.9 Å². The first-order valence-electron chi connectivity index (χ1n) is 12.9. The molecule has 0 aliphatic carbocycles. The van der Waals surface area contributed by atoms with E-state index < -0.39 is 0 Å². The predicted octanol–water partition coefficient (Wildman–Crippen LogP) is 3.98.